The maximum absolute atomic E-state index is 10.8. The molecule has 1 fully saturated rings. The van der Waals surface area contributed by atoms with Crippen LogP contribution in [0.25, 0.3) is 0 Å². The van der Waals surface area contributed by atoms with Gasteiger partial charge in [0.15, 0.2) is 0 Å². The average molecular weight is 301 g/mol. The summed E-state index contributed by atoms with van der Waals surface area (Å²) in [5.74, 6) is 0.0799. The standard InChI is InChI=1S/C19H27NO2/c1-4-12-20-13-14-22-18(19(21,5-2)6-3)17(15-20)16-10-8-7-9-11-16/h5-11,17-18,21H,2-4,12-15H2,1H3. The highest BCUT2D eigenvalue weighted by atomic mass is 16.5. The Bertz CT molecular complexity index is 477. The minimum atomic E-state index is -1.22. The lowest BCUT2D eigenvalue weighted by atomic mass is 9.82. The van der Waals surface area contributed by atoms with Gasteiger partial charge in [0.05, 0.1) is 6.61 Å². The second-order valence-corrected chi connectivity index (χ2v) is 5.90. The summed E-state index contributed by atoms with van der Waals surface area (Å²) in [6.07, 6.45) is 3.82. The summed E-state index contributed by atoms with van der Waals surface area (Å²) >= 11 is 0. The second kappa shape index (κ2) is 7.73. The largest absolute Gasteiger partial charge is 0.379 e. The van der Waals surface area contributed by atoms with Gasteiger partial charge in [0.2, 0.25) is 0 Å². The summed E-state index contributed by atoms with van der Waals surface area (Å²) in [7, 11) is 0. The van der Waals surface area contributed by atoms with E-state index in [0.29, 0.717) is 6.61 Å². The smallest absolute Gasteiger partial charge is 0.127 e. The first-order valence-electron chi connectivity index (χ1n) is 8.03. The zero-order valence-corrected chi connectivity index (χ0v) is 13.4. The van der Waals surface area contributed by atoms with Crippen LogP contribution >= 0.6 is 0 Å². The number of rotatable bonds is 6. The molecule has 0 aromatic heterocycles. The number of hydrogen-bond acceptors (Lipinski definition) is 3. The van der Waals surface area contributed by atoms with E-state index in [2.05, 4.69) is 37.1 Å². The highest BCUT2D eigenvalue weighted by Crippen LogP contribution is 2.33. The molecule has 0 radical (unpaired) electrons. The minimum Gasteiger partial charge on any atom is -0.379 e. The monoisotopic (exact) mass is 301 g/mol. The van der Waals surface area contributed by atoms with E-state index in [1.165, 1.54) is 17.7 Å². The van der Waals surface area contributed by atoms with Gasteiger partial charge in [-0.1, -0.05) is 62.6 Å². The molecule has 2 atom stereocenters. The van der Waals surface area contributed by atoms with Gasteiger partial charge in [0.25, 0.3) is 0 Å². The SMILES string of the molecule is C=CC(O)(C=C)C1OCCN(CCC)CC1c1ccccc1. The maximum Gasteiger partial charge on any atom is 0.127 e. The minimum absolute atomic E-state index is 0.0799. The van der Waals surface area contributed by atoms with Crippen LogP contribution < -0.4 is 0 Å². The molecule has 0 amide bonds. The molecule has 1 aliphatic rings. The van der Waals surface area contributed by atoms with Gasteiger partial charge in [0, 0.05) is 19.0 Å². The highest BCUT2D eigenvalue weighted by Gasteiger charge is 2.40. The third-order valence-corrected chi connectivity index (χ3v) is 4.40. The Morgan fingerprint density at radius 2 is 2.00 bits per heavy atom. The Hall–Kier alpha value is -1.42. The first kappa shape index (κ1) is 16.9. The van der Waals surface area contributed by atoms with Gasteiger partial charge in [-0.25, -0.2) is 0 Å². The van der Waals surface area contributed by atoms with E-state index in [1.807, 2.05) is 18.2 Å². The molecule has 22 heavy (non-hydrogen) atoms. The van der Waals surface area contributed by atoms with Crippen molar-refractivity contribution in [1.29, 1.82) is 0 Å². The predicted octanol–water partition coefficient (Wildman–Crippen LogP) is 2.98. The first-order chi connectivity index (χ1) is 10.6. The number of aliphatic hydroxyl groups is 1. The molecule has 3 heteroatoms. The predicted molar refractivity (Wildman–Crippen MR) is 91.0 cm³/mol. The molecule has 1 aromatic carbocycles. The quantitative estimate of drug-likeness (QED) is 0.820. The Labute approximate surface area is 133 Å². The molecule has 0 spiro atoms. The maximum atomic E-state index is 10.8. The lowest BCUT2D eigenvalue weighted by molar-refractivity contribution is -0.0592. The summed E-state index contributed by atoms with van der Waals surface area (Å²) in [5.41, 5.74) is -0.0412. The molecule has 1 saturated heterocycles. The topological polar surface area (TPSA) is 32.7 Å². The molecule has 1 aliphatic heterocycles. The molecule has 3 nitrogen and oxygen atoms in total. The second-order valence-electron chi connectivity index (χ2n) is 5.90. The van der Waals surface area contributed by atoms with Crippen molar-refractivity contribution in [3.63, 3.8) is 0 Å². The van der Waals surface area contributed by atoms with E-state index in [-0.39, 0.29) is 12.0 Å². The van der Waals surface area contributed by atoms with Crippen molar-refractivity contribution in [2.24, 2.45) is 0 Å². The molecule has 0 bridgehead atoms. The van der Waals surface area contributed by atoms with Crippen molar-refractivity contribution in [3.8, 4) is 0 Å². The molecular formula is C19H27NO2. The zero-order valence-electron chi connectivity index (χ0n) is 13.4. The number of nitrogens with zero attached hydrogens (tertiary/aromatic N) is 1. The lowest BCUT2D eigenvalue weighted by Gasteiger charge is -2.36. The zero-order chi connectivity index (χ0) is 16.0. The van der Waals surface area contributed by atoms with Gasteiger partial charge in [-0.15, -0.1) is 0 Å². The molecular weight excluding hydrogens is 274 g/mol. The van der Waals surface area contributed by atoms with E-state index < -0.39 is 5.60 Å². The molecule has 2 unspecified atom stereocenters. The molecule has 1 N–H and O–H groups in total. The number of hydrogen-bond donors (Lipinski definition) is 1. The normalized spacial score (nSPS) is 23.7. The van der Waals surface area contributed by atoms with Crippen LogP contribution in [0.5, 0.6) is 0 Å². The summed E-state index contributed by atoms with van der Waals surface area (Å²) in [4.78, 5) is 2.41. The van der Waals surface area contributed by atoms with Crippen molar-refractivity contribution in [3.05, 3.63) is 61.2 Å². The number of ether oxygens (including phenoxy) is 1. The van der Waals surface area contributed by atoms with E-state index >= 15 is 0 Å². The van der Waals surface area contributed by atoms with E-state index in [1.54, 1.807) is 0 Å². The van der Waals surface area contributed by atoms with Gasteiger partial charge in [0.1, 0.15) is 11.7 Å². The molecule has 0 aliphatic carbocycles. The molecule has 1 aromatic rings. The van der Waals surface area contributed by atoms with Crippen LogP contribution in [0.4, 0.5) is 0 Å². The molecule has 0 saturated carbocycles. The van der Waals surface area contributed by atoms with Crippen molar-refractivity contribution in [2.45, 2.75) is 31.0 Å². The lowest BCUT2D eigenvalue weighted by Crippen LogP contribution is -2.45. The van der Waals surface area contributed by atoms with E-state index in [0.717, 1.165) is 26.1 Å². The summed E-state index contributed by atoms with van der Waals surface area (Å²) in [6, 6.07) is 10.3. The van der Waals surface area contributed by atoms with Crippen LogP contribution in [0.3, 0.4) is 0 Å². The fourth-order valence-corrected chi connectivity index (χ4v) is 3.16. The molecule has 120 valence electrons. The highest BCUT2D eigenvalue weighted by molar-refractivity contribution is 5.27. The van der Waals surface area contributed by atoms with Gasteiger partial charge < -0.3 is 14.7 Å². The van der Waals surface area contributed by atoms with Crippen molar-refractivity contribution in [2.75, 3.05) is 26.2 Å². The Morgan fingerprint density at radius 1 is 1.32 bits per heavy atom. The van der Waals surface area contributed by atoms with Crippen molar-refractivity contribution in [1.82, 2.24) is 4.90 Å². The average Bonchev–Trinajstić information content (AvgIpc) is 2.78. The van der Waals surface area contributed by atoms with Gasteiger partial charge in [-0.2, -0.15) is 0 Å². The van der Waals surface area contributed by atoms with Crippen LogP contribution in [0.1, 0.15) is 24.8 Å². The van der Waals surface area contributed by atoms with E-state index in [4.69, 9.17) is 4.74 Å². The van der Waals surface area contributed by atoms with Gasteiger partial charge >= 0.3 is 0 Å². The van der Waals surface area contributed by atoms with E-state index in [9.17, 15) is 5.11 Å². The van der Waals surface area contributed by atoms with Crippen LogP contribution in [-0.2, 0) is 4.74 Å². The Kier molecular flexibility index (Phi) is 5.95. The van der Waals surface area contributed by atoms with Crippen LogP contribution in [0.15, 0.2) is 55.6 Å². The first-order valence-corrected chi connectivity index (χ1v) is 8.03. The Balaban J connectivity index is 2.36. The molecule has 1 heterocycles. The summed E-state index contributed by atoms with van der Waals surface area (Å²) in [5, 5.41) is 10.8. The van der Waals surface area contributed by atoms with Crippen LogP contribution in [-0.4, -0.2) is 48.0 Å². The van der Waals surface area contributed by atoms with Crippen molar-refractivity contribution >= 4 is 0 Å². The fourth-order valence-electron chi connectivity index (χ4n) is 3.16. The number of benzene rings is 1. The fraction of sp³-hybridized carbons (Fsp3) is 0.474. The third kappa shape index (κ3) is 3.67. The summed E-state index contributed by atoms with van der Waals surface area (Å²) in [6.45, 7) is 13.1. The Morgan fingerprint density at radius 3 is 2.59 bits per heavy atom. The van der Waals surface area contributed by atoms with Crippen LogP contribution in [0.2, 0.25) is 0 Å². The summed E-state index contributed by atoms with van der Waals surface area (Å²) < 4.78 is 6.06. The third-order valence-electron chi connectivity index (χ3n) is 4.40. The van der Waals surface area contributed by atoms with Gasteiger partial charge in [-0.3, -0.25) is 0 Å². The van der Waals surface area contributed by atoms with Gasteiger partial charge in [-0.05, 0) is 18.5 Å². The van der Waals surface area contributed by atoms with Crippen molar-refractivity contribution < 1.29 is 9.84 Å². The van der Waals surface area contributed by atoms with Crippen LogP contribution in [0, 0.1) is 0 Å². The molecule has 2 rings (SSSR count).